The SMILES string of the molecule is CN(C)[C@@H](C(=O)NCCc1nc(-c2cccnc2)n[nH]1)c1ccc2c(c1)OCO2. The smallest absolute Gasteiger partial charge is 0.241 e. The predicted octanol–water partition coefficient (Wildman–Crippen LogP) is 1.56. The highest BCUT2D eigenvalue weighted by atomic mass is 16.7. The summed E-state index contributed by atoms with van der Waals surface area (Å²) in [4.78, 5) is 23.2. The molecule has 0 bridgehead atoms. The molecule has 3 heterocycles. The molecule has 0 unspecified atom stereocenters. The van der Waals surface area contributed by atoms with Gasteiger partial charge in [0.05, 0.1) is 0 Å². The first kappa shape index (κ1) is 18.9. The van der Waals surface area contributed by atoms with Gasteiger partial charge < -0.3 is 14.8 Å². The van der Waals surface area contributed by atoms with Crippen LogP contribution in [0, 0.1) is 0 Å². The Morgan fingerprint density at radius 1 is 1.28 bits per heavy atom. The number of benzene rings is 1. The van der Waals surface area contributed by atoms with Gasteiger partial charge in [0, 0.05) is 30.9 Å². The normalized spacial score (nSPS) is 13.5. The number of ether oxygens (including phenoxy) is 2. The van der Waals surface area contributed by atoms with E-state index in [4.69, 9.17) is 9.47 Å². The number of aromatic nitrogens is 4. The maximum absolute atomic E-state index is 12.8. The maximum Gasteiger partial charge on any atom is 0.241 e. The van der Waals surface area contributed by atoms with E-state index in [-0.39, 0.29) is 12.7 Å². The lowest BCUT2D eigenvalue weighted by molar-refractivity contribution is -0.125. The molecule has 29 heavy (non-hydrogen) atoms. The summed E-state index contributed by atoms with van der Waals surface area (Å²) < 4.78 is 10.8. The van der Waals surface area contributed by atoms with Gasteiger partial charge in [-0.1, -0.05) is 6.07 Å². The van der Waals surface area contributed by atoms with Crippen LogP contribution in [0.25, 0.3) is 11.4 Å². The van der Waals surface area contributed by atoms with Gasteiger partial charge in [0.2, 0.25) is 12.7 Å². The second-order valence-corrected chi connectivity index (χ2v) is 6.87. The Balaban J connectivity index is 1.37. The van der Waals surface area contributed by atoms with Gasteiger partial charge in [0.15, 0.2) is 17.3 Å². The molecule has 1 aliphatic heterocycles. The summed E-state index contributed by atoms with van der Waals surface area (Å²) in [6, 6.07) is 8.86. The molecule has 3 aromatic rings. The number of carbonyl (C=O) groups is 1. The van der Waals surface area contributed by atoms with Crippen molar-refractivity contribution in [3.63, 3.8) is 0 Å². The van der Waals surface area contributed by atoms with Gasteiger partial charge in [0.1, 0.15) is 11.9 Å². The standard InChI is InChI=1S/C20H22N6O3/c1-26(2)18(13-5-6-15-16(10-13)29-12-28-15)20(27)22-9-7-17-23-19(25-24-17)14-4-3-8-21-11-14/h3-6,8,10-11,18H,7,9,12H2,1-2H3,(H,22,27)(H,23,24,25)/t18-/m1/s1. The third-order valence-corrected chi connectivity index (χ3v) is 4.59. The fourth-order valence-corrected chi connectivity index (χ4v) is 3.20. The summed E-state index contributed by atoms with van der Waals surface area (Å²) in [7, 11) is 3.73. The van der Waals surface area contributed by atoms with Crippen LogP contribution < -0.4 is 14.8 Å². The van der Waals surface area contributed by atoms with Crippen molar-refractivity contribution in [1.82, 2.24) is 30.4 Å². The zero-order valence-corrected chi connectivity index (χ0v) is 16.3. The number of fused-ring (bicyclic) bond motifs is 1. The van der Waals surface area contributed by atoms with E-state index in [1.807, 2.05) is 49.3 Å². The monoisotopic (exact) mass is 394 g/mol. The number of likely N-dealkylation sites (N-methyl/N-ethyl adjacent to an activating group) is 1. The molecule has 1 aliphatic rings. The van der Waals surface area contributed by atoms with Crippen LogP contribution in [0.4, 0.5) is 0 Å². The molecule has 0 spiro atoms. The lowest BCUT2D eigenvalue weighted by atomic mass is 10.0. The number of carbonyl (C=O) groups excluding carboxylic acids is 1. The first-order chi connectivity index (χ1) is 14.1. The van der Waals surface area contributed by atoms with Crippen molar-refractivity contribution in [1.29, 1.82) is 0 Å². The van der Waals surface area contributed by atoms with Crippen LogP contribution in [0.1, 0.15) is 17.4 Å². The summed E-state index contributed by atoms with van der Waals surface area (Å²) in [5.74, 6) is 2.55. The van der Waals surface area contributed by atoms with E-state index in [2.05, 4.69) is 25.5 Å². The minimum absolute atomic E-state index is 0.0964. The fourth-order valence-electron chi connectivity index (χ4n) is 3.20. The minimum atomic E-state index is -0.440. The molecule has 150 valence electrons. The highest BCUT2D eigenvalue weighted by molar-refractivity contribution is 5.83. The van der Waals surface area contributed by atoms with Crippen LogP contribution in [-0.4, -0.2) is 58.4 Å². The van der Waals surface area contributed by atoms with E-state index in [1.165, 1.54) is 0 Å². The second kappa shape index (κ2) is 8.27. The van der Waals surface area contributed by atoms with Crippen molar-refractivity contribution in [2.75, 3.05) is 27.4 Å². The molecule has 9 nitrogen and oxygen atoms in total. The van der Waals surface area contributed by atoms with E-state index in [9.17, 15) is 4.79 Å². The minimum Gasteiger partial charge on any atom is -0.454 e. The van der Waals surface area contributed by atoms with E-state index >= 15 is 0 Å². The Morgan fingerprint density at radius 2 is 2.14 bits per heavy atom. The van der Waals surface area contributed by atoms with Crippen LogP contribution >= 0.6 is 0 Å². The molecular weight excluding hydrogens is 372 g/mol. The first-order valence-corrected chi connectivity index (χ1v) is 9.27. The van der Waals surface area contributed by atoms with E-state index in [1.54, 1.807) is 12.4 Å². The van der Waals surface area contributed by atoms with Gasteiger partial charge in [-0.05, 0) is 43.9 Å². The largest absolute Gasteiger partial charge is 0.454 e. The molecule has 1 amide bonds. The van der Waals surface area contributed by atoms with E-state index < -0.39 is 6.04 Å². The molecular formula is C20H22N6O3. The quantitative estimate of drug-likeness (QED) is 0.626. The molecule has 2 N–H and O–H groups in total. The number of nitrogens with one attached hydrogen (secondary N) is 2. The average molecular weight is 394 g/mol. The number of hydrogen-bond donors (Lipinski definition) is 2. The summed E-state index contributed by atoms with van der Waals surface area (Å²) in [6.45, 7) is 0.644. The van der Waals surface area contributed by atoms with Crippen LogP contribution in [0.15, 0.2) is 42.7 Å². The molecule has 9 heteroatoms. The van der Waals surface area contributed by atoms with Gasteiger partial charge in [-0.15, -0.1) is 0 Å². The summed E-state index contributed by atoms with van der Waals surface area (Å²) >= 11 is 0. The zero-order chi connectivity index (χ0) is 20.2. The van der Waals surface area contributed by atoms with Crippen molar-refractivity contribution in [2.24, 2.45) is 0 Å². The highest BCUT2D eigenvalue weighted by Gasteiger charge is 2.25. The van der Waals surface area contributed by atoms with Crippen molar-refractivity contribution in [3.8, 4) is 22.9 Å². The average Bonchev–Trinajstić information content (AvgIpc) is 3.37. The number of rotatable bonds is 7. The number of aromatic amines is 1. The zero-order valence-electron chi connectivity index (χ0n) is 16.3. The topological polar surface area (TPSA) is 105 Å². The summed E-state index contributed by atoms with van der Waals surface area (Å²) in [5.41, 5.74) is 1.68. The first-order valence-electron chi connectivity index (χ1n) is 9.27. The van der Waals surface area contributed by atoms with Crippen LogP contribution in [0.3, 0.4) is 0 Å². The highest BCUT2D eigenvalue weighted by Crippen LogP contribution is 2.35. The Hall–Kier alpha value is -3.46. The molecule has 0 aliphatic carbocycles. The number of amides is 1. The second-order valence-electron chi connectivity index (χ2n) is 6.87. The van der Waals surface area contributed by atoms with Crippen molar-refractivity contribution in [2.45, 2.75) is 12.5 Å². The Bertz CT molecular complexity index is 989. The Kier molecular flexibility index (Phi) is 5.39. The van der Waals surface area contributed by atoms with Gasteiger partial charge in [-0.25, -0.2) is 4.98 Å². The number of pyridine rings is 1. The lowest BCUT2D eigenvalue weighted by Crippen LogP contribution is -2.38. The van der Waals surface area contributed by atoms with Crippen molar-refractivity contribution < 1.29 is 14.3 Å². The number of hydrogen-bond acceptors (Lipinski definition) is 7. The number of nitrogens with zero attached hydrogens (tertiary/aromatic N) is 4. The lowest BCUT2D eigenvalue weighted by Gasteiger charge is -2.24. The van der Waals surface area contributed by atoms with Gasteiger partial charge in [-0.3, -0.25) is 19.8 Å². The Labute approximate surface area is 168 Å². The molecule has 0 saturated heterocycles. The van der Waals surface area contributed by atoms with E-state index in [0.29, 0.717) is 36.1 Å². The van der Waals surface area contributed by atoms with Crippen LogP contribution in [-0.2, 0) is 11.2 Å². The van der Waals surface area contributed by atoms with Gasteiger partial charge >= 0.3 is 0 Å². The van der Waals surface area contributed by atoms with Gasteiger partial charge in [-0.2, -0.15) is 5.10 Å². The Morgan fingerprint density at radius 3 is 2.93 bits per heavy atom. The van der Waals surface area contributed by atoms with Crippen LogP contribution in [0.5, 0.6) is 11.5 Å². The molecule has 0 saturated carbocycles. The number of H-pyrrole nitrogens is 1. The maximum atomic E-state index is 12.8. The van der Waals surface area contributed by atoms with Crippen LogP contribution in [0.2, 0.25) is 0 Å². The van der Waals surface area contributed by atoms with Crippen molar-refractivity contribution in [3.05, 3.63) is 54.1 Å². The fraction of sp³-hybridized carbons (Fsp3) is 0.300. The molecule has 1 aromatic carbocycles. The molecule has 1 atom stereocenters. The van der Waals surface area contributed by atoms with Gasteiger partial charge in [0.25, 0.3) is 0 Å². The molecule has 2 aromatic heterocycles. The van der Waals surface area contributed by atoms with E-state index in [0.717, 1.165) is 11.1 Å². The van der Waals surface area contributed by atoms with Crippen molar-refractivity contribution >= 4 is 5.91 Å². The summed E-state index contributed by atoms with van der Waals surface area (Å²) in [5, 5.41) is 10.1. The molecule has 0 radical (unpaired) electrons. The predicted molar refractivity (Wildman–Crippen MR) is 105 cm³/mol. The third-order valence-electron chi connectivity index (χ3n) is 4.59. The molecule has 4 rings (SSSR count). The molecule has 0 fully saturated rings. The third kappa shape index (κ3) is 4.19. The summed E-state index contributed by atoms with van der Waals surface area (Å²) in [6.07, 6.45) is 3.95.